The first-order chi connectivity index (χ1) is 4.70. The topological polar surface area (TPSA) is 29.0 Å². The lowest BCUT2D eigenvalue weighted by atomic mass is 10.4. The molecule has 0 bridgehead atoms. The van der Waals surface area contributed by atoms with Gasteiger partial charge in [-0.25, -0.2) is 9.97 Å². The van der Waals surface area contributed by atoms with E-state index in [1.807, 2.05) is 38.3 Å². The Morgan fingerprint density at radius 2 is 1.70 bits per heavy atom. The quantitative estimate of drug-likeness (QED) is 0.574. The van der Waals surface area contributed by atoms with Gasteiger partial charge in [-0.05, 0) is 12.5 Å². The number of aryl methyl sites for hydroxylation is 1. The van der Waals surface area contributed by atoms with Crippen molar-refractivity contribution >= 4 is 5.95 Å². The van der Waals surface area contributed by atoms with Crippen molar-refractivity contribution < 1.29 is 0 Å². The number of hydrogen-bond donors (Lipinski definition) is 0. The van der Waals surface area contributed by atoms with Crippen LogP contribution in [0.2, 0.25) is 0 Å². The molecule has 0 aliphatic rings. The van der Waals surface area contributed by atoms with Crippen molar-refractivity contribution in [1.29, 1.82) is 0 Å². The molecule has 0 radical (unpaired) electrons. The van der Waals surface area contributed by atoms with Crippen LogP contribution in [0.5, 0.6) is 0 Å². The van der Waals surface area contributed by atoms with Crippen molar-refractivity contribution in [2.75, 3.05) is 19.0 Å². The number of nitrogens with zero attached hydrogens (tertiary/aromatic N) is 3. The molecule has 3 heteroatoms. The van der Waals surface area contributed by atoms with E-state index in [0.717, 1.165) is 11.5 Å². The Morgan fingerprint density at radius 1 is 1.20 bits per heavy atom. The highest BCUT2D eigenvalue weighted by Crippen LogP contribution is 2.00. The number of aromatic nitrogens is 2. The minimum Gasteiger partial charge on any atom is -0.347 e. The van der Waals surface area contributed by atoms with Crippen molar-refractivity contribution in [2.45, 2.75) is 6.92 Å². The summed E-state index contributed by atoms with van der Waals surface area (Å²) in [4.78, 5) is 10.1. The molecule has 0 saturated carbocycles. The van der Waals surface area contributed by atoms with Gasteiger partial charge >= 0.3 is 0 Å². The van der Waals surface area contributed by atoms with Crippen LogP contribution >= 0.6 is 0 Å². The molecular formula is C7H11N3. The summed E-state index contributed by atoms with van der Waals surface area (Å²) in [6.07, 6.45) is 3.62. The van der Waals surface area contributed by atoms with Crippen LogP contribution in [0.25, 0.3) is 0 Å². The highest BCUT2D eigenvalue weighted by Gasteiger charge is 1.94. The van der Waals surface area contributed by atoms with Gasteiger partial charge in [0.2, 0.25) is 5.95 Å². The fourth-order valence-corrected chi connectivity index (χ4v) is 0.617. The van der Waals surface area contributed by atoms with Crippen molar-refractivity contribution in [1.82, 2.24) is 9.97 Å². The molecule has 0 saturated heterocycles. The fraction of sp³-hybridized carbons (Fsp3) is 0.429. The third kappa shape index (κ3) is 1.43. The van der Waals surface area contributed by atoms with Crippen LogP contribution in [0.4, 0.5) is 5.95 Å². The van der Waals surface area contributed by atoms with Gasteiger partial charge in [-0.2, -0.15) is 0 Å². The summed E-state index contributed by atoms with van der Waals surface area (Å²) in [7, 11) is 3.84. The zero-order chi connectivity index (χ0) is 7.56. The van der Waals surface area contributed by atoms with Gasteiger partial charge in [0, 0.05) is 26.5 Å². The van der Waals surface area contributed by atoms with E-state index >= 15 is 0 Å². The zero-order valence-electron chi connectivity index (χ0n) is 6.50. The normalized spacial score (nSPS) is 9.50. The Labute approximate surface area is 60.7 Å². The Morgan fingerprint density at radius 3 is 2.10 bits per heavy atom. The standard InChI is InChI=1S/C7H11N3/c1-6-4-8-7(9-5-6)10(2)3/h4-5H,1-3H3. The number of anilines is 1. The Balaban J connectivity index is 2.89. The average molecular weight is 137 g/mol. The SMILES string of the molecule is Cc1cnc(N(C)C)nc1. The lowest BCUT2D eigenvalue weighted by Crippen LogP contribution is -2.12. The molecule has 0 fully saturated rings. The van der Waals surface area contributed by atoms with Gasteiger partial charge in [-0.3, -0.25) is 0 Å². The fourth-order valence-electron chi connectivity index (χ4n) is 0.617. The number of hydrogen-bond acceptors (Lipinski definition) is 3. The first-order valence-electron chi connectivity index (χ1n) is 3.16. The van der Waals surface area contributed by atoms with E-state index in [4.69, 9.17) is 0 Å². The molecule has 54 valence electrons. The molecule has 0 unspecified atom stereocenters. The molecule has 0 aliphatic heterocycles. The summed E-state index contributed by atoms with van der Waals surface area (Å²) >= 11 is 0. The second-order valence-electron chi connectivity index (χ2n) is 2.45. The van der Waals surface area contributed by atoms with E-state index in [9.17, 15) is 0 Å². The average Bonchev–Trinajstić information content (AvgIpc) is 1.88. The smallest absolute Gasteiger partial charge is 0.224 e. The predicted molar refractivity (Wildman–Crippen MR) is 41.1 cm³/mol. The van der Waals surface area contributed by atoms with Gasteiger partial charge in [-0.15, -0.1) is 0 Å². The molecule has 0 amide bonds. The molecule has 0 N–H and O–H groups in total. The minimum atomic E-state index is 0.755. The molecule has 1 heterocycles. The van der Waals surface area contributed by atoms with Gasteiger partial charge in [0.05, 0.1) is 0 Å². The first kappa shape index (κ1) is 6.99. The molecule has 1 aromatic heterocycles. The molecule has 0 atom stereocenters. The Bertz CT molecular complexity index is 203. The highest BCUT2D eigenvalue weighted by molar-refractivity contribution is 5.26. The van der Waals surface area contributed by atoms with E-state index in [-0.39, 0.29) is 0 Å². The lowest BCUT2D eigenvalue weighted by molar-refractivity contribution is 0.988. The van der Waals surface area contributed by atoms with E-state index < -0.39 is 0 Å². The second kappa shape index (κ2) is 2.64. The maximum atomic E-state index is 4.09. The van der Waals surface area contributed by atoms with Crippen molar-refractivity contribution in [3.05, 3.63) is 18.0 Å². The van der Waals surface area contributed by atoms with Gasteiger partial charge < -0.3 is 4.90 Å². The summed E-state index contributed by atoms with van der Waals surface area (Å²) < 4.78 is 0. The van der Waals surface area contributed by atoms with Crippen molar-refractivity contribution in [3.8, 4) is 0 Å². The molecule has 3 nitrogen and oxygen atoms in total. The largest absolute Gasteiger partial charge is 0.347 e. The third-order valence-electron chi connectivity index (χ3n) is 1.17. The first-order valence-corrected chi connectivity index (χ1v) is 3.16. The van der Waals surface area contributed by atoms with E-state index in [1.165, 1.54) is 0 Å². The highest BCUT2D eigenvalue weighted by atomic mass is 15.2. The lowest BCUT2D eigenvalue weighted by Gasteiger charge is -2.08. The maximum Gasteiger partial charge on any atom is 0.224 e. The van der Waals surface area contributed by atoms with E-state index in [2.05, 4.69) is 9.97 Å². The van der Waals surface area contributed by atoms with Crippen molar-refractivity contribution in [2.24, 2.45) is 0 Å². The maximum absolute atomic E-state index is 4.09. The molecular weight excluding hydrogens is 126 g/mol. The Kier molecular flexibility index (Phi) is 1.85. The van der Waals surface area contributed by atoms with Crippen LogP contribution in [-0.4, -0.2) is 24.1 Å². The monoisotopic (exact) mass is 137 g/mol. The summed E-state index contributed by atoms with van der Waals surface area (Å²) in [6.45, 7) is 1.97. The molecule has 1 rings (SSSR count). The van der Waals surface area contributed by atoms with E-state index in [1.54, 1.807) is 0 Å². The zero-order valence-corrected chi connectivity index (χ0v) is 6.50. The van der Waals surface area contributed by atoms with Gasteiger partial charge in [0.25, 0.3) is 0 Å². The summed E-state index contributed by atoms with van der Waals surface area (Å²) in [5.41, 5.74) is 1.09. The van der Waals surface area contributed by atoms with Gasteiger partial charge in [0.15, 0.2) is 0 Å². The summed E-state index contributed by atoms with van der Waals surface area (Å²) in [5.74, 6) is 0.755. The molecule has 0 aromatic carbocycles. The van der Waals surface area contributed by atoms with Crippen LogP contribution in [0.3, 0.4) is 0 Å². The molecule has 0 aliphatic carbocycles. The third-order valence-corrected chi connectivity index (χ3v) is 1.17. The summed E-state index contributed by atoms with van der Waals surface area (Å²) in [5, 5.41) is 0. The van der Waals surface area contributed by atoms with Gasteiger partial charge in [-0.1, -0.05) is 0 Å². The Hall–Kier alpha value is -1.12. The number of rotatable bonds is 1. The molecule has 1 aromatic rings. The second-order valence-corrected chi connectivity index (χ2v) is 2.45. The van der Waals surface area contributed by atoms with Crippen molar-refractivity contribution in [3.63, 3.8) is 0 Å². The minimum absolute atomic E-state index is 0.755. The van der Waals surface area contributed by atoms with Crippen LogP contribution in [-0.2, 0) is 0 Å². The van der Waals surface area contributed by atoms with Crippen LogP contribution in [0, 0.1) is 6.92 Å². The predicted octanol–water partition coefficient (Wildman–Crippen LogP) is 0.851. The van der Waals surface area contributed by atoms with Crippen LogP contribution < -0.4 is 4.90 Å². The van der Waals surface area contributed by atoms with E-state index in [0.29, 0.717) is 0 Å². The summed E-state index contributed by atoms with van der Waals surface area (Å²) in [6, 6.07) is 0. The molecule has 10 heavy (non-hydrogen) atoms. The van der Waals surface area contributed by atoms with Gasteiger partial charge in [0.1, 0.15) is 0 Å². The van der Waals surface area contributed by atoms with Crippen LogP contribution in [0.15, 0.2) is 12.4 Å². The molecule has 0 spiro atoms. The van der Waals surface area contributed by atoms with Crippen LogP contribution in [0.1, 0.15) is 5.56 Å².